The van der Waals surface area contributed by atoms with E-state index in [0.29, 0.717) is 0 Å². The van der Waals surface area contributed by atoms with Crippen molar-refractivity contribution in [2.24, 2.45) is 0 Å². The van der Waals surface area contributed by atoms with Crippen molar-refractivity contribution in [3.8, 4) is 28.0 Å². The molecule has 0 aliphatic carbocycles. The number of nitrogens with one attached hydrogen (secondary N) is 1. The van der Waals surface area contributed by atoms with Crippen molar-refractivity contribution in [3.05, 3.63) is 109 Å². The zero-order valence-electron chi connectivity index (χ0n) is 15.5. The second kappa shape index (κ2) is 7.85. The Balaban J connectivity index is 1.68. The second-order valence-corrected chi connectivity index (χ2v) is 6.60. The summed E-state index contributed by atoms with van der Waals surface area (Å²) in [6, 6.07) is 32.0. The van der Waals surface area contributed by atoms with Crippen molar-refractivity contribution in [3.63, 3.8) is 0 Å². The van der Waals surface area contributed by atoms with Gasteiger partial charge in [-0.15, -0.1) is 0 Å². The molecule has 0 saturated carbocycles. The first kappa shape index (κ1) is 17.6. The molecule has 0 saturated heterocycles. The summed E-state index contributed by atoms with van der Waals surface area (Å²) < 4.78 is 0. The largest absolute Gasteiger partial charge is 0.507 e. The summed E-state index contributed by atoms with van der Waals surface area (Å²) in [6.07, 6.45) is 1.85. The maximum atomic E-state index is 10.2. The van der Waals surface area contributed by atoms with Crippen LogP contribution in [0.2, 0.25) is 0 Å². The Bertz CT molecular complexity index is 1130. The third kappa shape index (κ3) is 3.67. The van der Waals surface area contributed by atoms with Gasteiger partial charge in [0.1, 0.15) is 5.75 Å². The maximum Gasteiger partial charge on any atom is 0.123 e. The molecule has 0 radical (unpaired) electrons. The number of anilines is 2. The van der Waals surface area contributed by atoms with Gasteiger partial charge >= 0.3 is 0 Å². The molecule has 2 N–H and O–H groups in total. The van der Waals surface area contributed by atoms with Gasteiger partial charge < -0.3 is 10.4 Å². The molecule has 0 aromatic heterocycles. The van der Waals surface area contributed by atoms with Crippen LogP contribution in [-0.4, -0.2) is 5.11 Å². The topological polar surface area (TPSA) is 32.3 Å². The lowest BCUT2D eigenvalue weighted by atomic mass is 9.98. The number of hydrogen-bond acceptors (Lipinski definition) is 2. The lowest BCUT2D eigenvalue weighted by molar-refractivity contribution is 0.477. The van der Waals surface area contributed by atoms with Gasteiger partial charge in [-0.3, -0.25) is 0 Å². The summed E-state index contributed by atoms with van der Waals surface area (Å²) in [6.45, 7) is 3.88. The number of phenolic OH excluding ortho intramolecular Hbond substituents is 1. The minimum absolute atomic E-state index is 0.288. The molecule has 0 aliphatic heterocycles. The van der Waals surface area contributed by atoms with Crippen LogP contribution in [0.1, 0.15) is 5.56 Å². The highest BCUT2D eigenvalue weighted by Gasteiger charge is 2.06. The van der Waals surface area contributed by atoms with E-state index in [-0.39, 0.29) is 5.75 Å². The van der Waals surface area contributed by atoms with Gasteiger partial charge in [0.2, 0.25) is 0 Å². The Kier molecular flexibility index (Phi) is 4.94. The van der Waals surface area contributed by atoms with Crippen molar-refractivity contribution in [2.45, 2.75) is 0 Å². The molecule has 136 valence electrons. The second-order valence-electron chi connectivity index (χ2n) is 6.60. The number of rotatable bonds is 5. The SMILES string of the molecule is C=Cc1ccccc1Nc1cccc(-c2cccc(-c3ccccc3O)c2)c1. The van der Waals surface area contributed by atoms with Gasteiger partial charge in [-0.05, 0) is 52.6 Å². The van der Waals surface area contributed by atoms with Gasteiger partial charge in [0.05, 0.1) is 0 Å². The average molecular weight is 363 g/mol. The molecule has 0 fully saturated rings. The van der Waals surface area contributed by atoms with E-state index in [2.05, 4.69) is 42.2 Å². The number of phenols is 1. The van der Waals surface area contributed by atoms with E-state index in [1.165, 1.54) is 0 Å². The molecule has 2 heteroatoms. The van der Waals surface area contributed by atoms with Crippen LogP contribution in [-0.2, 0) is 0 Å². The van der Waals surface area contributed by atoms with Gasteiger partial charge in [0.25, 0.3) is 0 Å². The average Bonchev–Trinajstić information content (AvgIpc) is 2.75. The third-order valence-electron chi connectivity index (χ3n) is 4.73. The monoisotopic (exact) mass is 363 g/mol. The van der Waals surface area contributed by atoms with Crippen molar-refractivity contribution < 1.29 is 5.11 Å². The summed E-state index contributed by atoms with van der Waals surface area (Å²) in [5.41, 5.74) is 7.14. The van der Waals surface area contributed by atoms with Crippen molar-refractivity contribution in [1.29, 1.82) is 0 Å². The Hall–Kier alpha value is -3.78. The zero-order valence-corrected chi connectivity index (χ0v) is 15.5. The summed E-state index contributed by atoms with van der Waals surface area (Å²) >= 11 is 0. The molecule has 4 aromatic carbocycles. The minimum atomic E-state index is 0.288. The Morgan fingerprint density at radius 2 is 1.36 bits per heavy atom. The molecule has 0 spiro atoms. The standard InChI is InChI=1S/C26H21NO/c1-2-19-9-3-5-15-25(19)27-23-13-8-11-21(18-23)20-10-7-12-22(17-20)24-14-4-6-16-26(24)28/h2-18,27-28H,1H2. The van der Waals surface area contributed by atoms with E-state index >= 15 is 0 Å². The molecule has 2 nitrogen and oxygen atoms in total. The van der Waals surface area contributed by atoms with Crippen LogP contribution >= 0.6 is 0 Å². The normalized spacial score (nSPS) is 10.4. The van der Waals surface area contributed by atoms with Gasteiger partial charge in [-0.2, -0.15) is 0 Å². The fourth-order valence-corrected chi connectivity index (χ4v) is 3.30. The van der Waals surface area contributed by atoms with E-state index in [1.807, 2.05) is 66.7 Å². The van der Waals surface area contributed by atoms with E-state index < -0.39 is 0 Å². The number of hydrogen-bond donors (Lipinski definition) is 2. The summed E-state index contributed by atoms with van der Waals surface area (Å²) in [5, 5.41) is 13.6. The Morgan fingerprint density at radius 1 is 0.679 bits per heavy atom. The lowest BCUT2D eigenvalue weighted by Crippen LogP contribution is -1.93. The van der Waals surface area contributed by atoms with E-state index in [9.17, 15) is 5.11 Å². The highest BCUT2D eigenvalue weighted by atomic mass is 16.3. The molecule has 4 aromatic rings. The summed E-state index contributed by atoms with van der Waals surface area (Å²) in [7, 11) is 0. The predicted molar refractivity (Wildman–Crippen MR) is 119 cm³/mol. The van der Waals surface area contributed by atoms with Crippen LogP contribution < -0.4 is 5.32 Å². The van der Waals surface area contributed by atoms with Crippen LogP contribution in [0.5, 0.6) is 5.75 Å². The first-order valence-corrected chi connectivity index (χ1v) is 9.22. The van der Waals surface area contributed by atoms with E-state index in [0.717, 1.165) is 39.2 Å². The van der Waals surface area contributed by atoms with Crippen LogP contribution in [0.15, 0.2) is 104 Å². The molecular formula is C26H21NO. The highest BCUT2D eigenvalue weighted by molar-refractivity contribution is 5.79. The van der Waals surface area contributed by atoms with Crippen molar-refractivity contribution in [2.75, 3.05) is 5.32 Å². The first-order chi connectivity index (χ1) is 13.7. The smallest absolute Gasteiger partial charge is 0.123 e. The van der Waals surface area contributed by atoms with Crippen LogP contribution in [0.25, 0.3) is 28.3 Å². The molecule has 0 heterocycles. The van der Waals surface area contributed by atoms with Crippen molar-refractivity contribution >= 4 is 17.5 Å². The quantitative estimate of drug-likeness (QED) is 0.396. The van der Waals surface area contributed by atoms with Gasteiger partial charge in [-0.25, -0.2) is 0 Å². The van der Waals surface area contributed by atoms with E-state index in [4.69, 9.17) is 0 Å². The number of aromatic hydroxyl groups is 1. The van der Waals surface area contributed by atoms with Crippen molar-refractivity contribution in [1.82, 2.24) is 0 Å². The van der Waals surface area contributed by atoms with Crippen LogP contribution in [0, 0.1) is 0 Å². The number of para-hydroxylation sites is 2. The molecule has 28 heavy (non-hydrogen) atoms. The maximum absolute atomic E-state index is 10.2. The molecule has 0 unspecified atom stereocenters. The summed E-state index contributed by atoms with van der Waals surface area (Å²) in [5.74, 6) is 0.288. The molecule has 0 atom stereocenters. The molecular weight excluding hydrogens is 342 g/mol. The third-order valence-corrected chi connectivity index (χ3v) is 4.73. The molecule has 0 aliphatic rings. The van der Waals surface area contributed by atoms with E-state index in [1.54, 1.807) is 6.07 Å². The van der Waals surface area contributed by atoms with Gasteiger partial charge in [-0.1, -0.05) is 79.4 Å². The fraction of sp³-hybridized carbons (Fsp3) is 0. The van der Waals surface area contributed by atoms with Crippen LogP contribution in [0.4, 0.5) is 11.4 Å². The minimum Gasteiger partial charge on any atom is -0.507 e. The Labute approximate surface area is 165 Å². The molecule has 0 amide bonds. The highest BCUT2D eigenvalue weighted by Crippen LogP contribution is 2.33. The van der Waals surface area contributed by atoms with Gasteiger partial charge in [0.15, 0.2) is 0 Å². The number of benzene rings is 4. The fourth-order valence-electron chi connectivity index (χ4n) is 3.30. The first-order valence-electron chi connectivity index (χ1n) is 9.22. The summed E-state index contributed by atoms with van der Waals surface area (Å²) in [4.78, 5) is 0. The molecule has 0 bridgehead atoms. The van der Waals surface area contributed by atoms with Gasteiger partial charge in [0, 0.05) is 16.9 Å². The predicted octanol–water partition coefficient (Wildman–Crippen LogP) is 7.11. The molecule has 4 rings (SSSR count). The Morgan fingerprint density at radius 3 is 2.18 bits per heavy atom. The lowest BCUT2D eigenvalue weighted by Gasteiger charge is -2.12. The van der Waals surface area contributed by atoms with Crippen LogP contribution in [0.3, 0.4) is 0 Å². The zero-order chi connectivity index (χ0) is 19.3.